The van der Waals surface area contributed by atoms with Gasteiger partial charge < -0.3 is 10.3 Å². The molecule has 2 aliphatic rings. The molecular weight excluding hydrogens is 190 g/mol. The molecule has 1 aliphatic carbocycles. The summed E-state index contributed by atoms with van der Waals surface area (Å²) in [4.78, 5) is 10.9. The highest BCUT2D eigenvalue weighted by Gasteiger charge is 2.38. The Morgan fingerprint density at radius 2 is 2.33 bits per heavy atom. The van der Waals surface area contributed by atoms with Gasteiger partial charge in [-0.3, -0.25) is 4.98 Å². The Labute approximate surface area is 88.7 Å². The minimum atomic E-state index is 0.635. The Bertz CT molecular complexity index is 367. The van der Waals surface area contributed by atoms with Crippen molar-refractivity contribution in [3.8, 4) is 0 Å². The number of nitrogens with two attached hydrogens (primary N) is 1. The van der Waals surface area contributed by atoms with E-state index in [0.717, 1.165) is 18.3 Å². The van der Waals surface area contributed by atoms with Crippen LogP contribution < -0.4 is 16.2 Å². The summed E-state index contributed by atoms with van der Waals surface area (Å²) in [5.74, 6) is 7.78. The summed E-state index contributed by atoms with van der Waals surface area (Å²) in [7, 11) is 0. The van der Waals surface area contributed by atoms with E-state index in [2.05, 4.69) is 20.3 Å². The van der Waals surface area contributed by atoms with Crippen molar-refractivity contribution in [2.45, 2.75) is 25.3 Å². The third-order valence-electron chi connectivity index (χ3n) is 3.47. The van der Waals surface area contributed by atoms with Crippen LogP contribution in [0.2, 0.25) is 0 Å². The SMILES string of the molecule is NNc1cncc(N2CC3CCC2C3)n1. The highest BCUT2D eigenvalue weighted by Crippen LogP contribution is 2.39. The van der Waals surface area contributed by atoms with Crippen LogP contribution in [0.3, 0.4) is 0 Å². The number of piperidine rings is 1. The van der Waals surface area contributed by atoms with Gasteiger partial charge in [0, 0.05) is 12.6 Å². The third-order valence-corrected chi connectivity index (χ3v) is 3.47. The van der Waals surface area contributed by atoms with Crippen LogP contribution in [-0.2, 0) is 0 Å². The lowest BCUT2D eigenvalue weighted by Crippen LogP contribution is -2.32. The standard InChI is InChI=1S/C10H15N5/c11-14-9-4-12-5-10(13-9)15-6-7-1-2-8(15)3-7/h4-5,7-8H,1-3,6,11H2,(H,13,14). The molecule has 2 atom stereocenters. The molecule has 3 N–H and O–H groups in total. The summed E-state index contributed by atoms with van der Waals surface area (Å²) in [6.07, 6.45) is 7.46. The van der Waals surface area contributed by atoms with Crippen molar-refractivity contribution >= 4 is 11.6 Å². The highest BCUT2D eigenvalue weighted by molar-refractivity contribution is 5.45. The maximum atomic E-state index is 5.32. The summed E-state index contributed by atoms with van der Waals surface area (Å²) in [5.41, 5.74) is 2.53. The van der Waals surface area contributed by atoms with E-state index >= 15 is 0 Å². The van der Waals surface area contributed by atoms with E-state index in [1.165, 1.54) is 19.3 Å². The molecule has 5 nitrogen and oxygen atoms in total. The molecule has 2 fully saturated rings. The molecule has 0 spiro atoms. The topological polar surface area (TPSA) is 67.1 Å². The van der Waals surface area contributed by atoms with Gasteiger partial charge in [0.05, 0.1) is 12.4 Å². The lowest BCUT2D eigenvalue weighted by atomic mass is 10.1. The van der Waals surface area contributed by atoms with E-state index in [0.29, 0.717) is 11.9 Å². The molecular formula is C10H15N5. The fourth-order valence-corrected chi connectivity index (χ4v) is 2.77. The van der Waals surface area contributed by atoms with E-state index in [1.54, 1.807) is 6.20 Å². The molecule has 1 saturated heterocycles. The number of anilines is 2. The Morgan fingerprint density at radius 1 is 1.40 bits per heavy atom. The van der Waals surface area contributed by atoms with Gasteiger partial charge in [0.25, 0.3) is 0 Å². The van der Waals surface area contributed by atoms with Gasteiger partial charge in [-0.2, -0.15) is 0 Å². The number of nitrogens with zero attached hydrogens (tertiary/aromatic N) is 3. The van der Waals surface area contributed by atoms with Gasteiger partial charge in [-0.15, -0.1) is 0 Å². The van der Waals surface area contributed by atoms with Gasteiger partial charge in [-0.05, 0) is 25.2 Å². The first-order chi connectivity index (χ1) is 7.36. The molecule has 15 heavy (non-hydrogen) atoms. The molecule has 1 aliphatic heterocycles. The number of fused-ring (bicyclic) bond motifs is 2. The Morgan fingerprint density at radius 3 is 3.00 bits per heavy atom. The van der Waals surface area contributed by atoms with Crippen LogP contribution in [0.1, 0.15) is 19.3 Å². The summed E-state index contributed by atoms with van der Waals surface area (Å²) in [5, 5.41) is 0. The fourth-order valence-electron chi connectivity index (χ4n) is 2.77. The van der Waals surface area contributed by atoms with Crippen LogP contribution in [0.5, 0.6) is 0 Å². The Balaban J connectivity index is 1.86. The molecule has 1 saturated carbocycles. The summed E-state index contributed by atoms with van der Waals surface area (Å²) in [6.45, 7) is 1.13. The molecule has 0 aromatic carbocycles. The van der Waals surface area contributed by atoms with Crippen molar-refractivity contribution < 1.29 is 0 Å². The first-order valence-corrected chi connectivity index (χ1v) is 5.42. The third kappa shape index (κ3) is 1.43. The average Bonchev–Trinajstić information content (AvgIpc) is 2.91. The number of hydrogen-bond donors (Lipinski definition) is 2. The van der Waals surface area contributed by atoms with Crippen LogP contribution >= 0.6 is 0 Å². The van der Waals surface area contributed by atoms with E-state index in [9.17, 15) is 0 Å². The molecule has 3 rings (SSSR count). The molecule has 2 bridgehead atoms. The molecule has 2 heterocycles. The number of nitrogens with one attached hydrogen (secondary N) is 1. The zero-order chi connectivity index (χ0) is 10.3. The van der Waals surface area contributed by atoms with Crippen molar-refractivity contribution in [1.29, 1.82) is 0 Å². The molecule has 1 aromatic heterocycles. The average molecular weight is 205 g/mol. The fraction of sp³-hybridized carbons (Fsp3) is 0.600. The smallest absolute Gasteiger partial charge is 0.160 e. The van der Waals surface area contributed by atoms with Gasteiger partial charge in [0.2, 0.25) is 0 Å². The van der Waals surface area contributed by atoms with Crippen LogP contribution in [0.4, 0.5) is 11.6 Å². The molecule has 1 aromatic rings. The maximum absolute atomic E-state index is 5.32. The lowest BCUT2D eigenvalue weighted by Gasteiger charge is -2.27. The largest absolute Gasteiger partial charge is 0.352 e. The number of aromatic nitrogens is 2. The molecule has 2 unspecified atom stereocenters. The van der Waals surface area contributed by atoms with Crippen molar-refractivity contribution in [1.82, 2.24) is 9.97 Å². The molecule has 80 valence electrons. The predicted molar refractivity (Wildman–Crippen MR) is 58.3 cm³/mol. The Hall–Kier alpha value is -1.36. The van der Waals surface area contributed by atoms with Gasteiger partial charge >= 0.3 is 0 Å². The van der Waals surface area contributed by atoms with Crippen molar-refractivity contribution in [2.24, 2.45) is 11.8 Å². The minimum Gasteiger partial charge on any atom is -0.352 e. The summed E-state index contributed by atoms with van der Waals surface area (Å²) >= 11 is 0. The van der Waals surface area contributed by atoms with Crippen molar-refractivity contribution in [3.63, 3.8) is 0 Å². The summed E-state index contributed by atoms with van der Waals surface area (Å²) < 4.78 is 0. The number of hydrazine groups is 1. The minimum absolute atomic E-state index is 0.635. The van der Waals surface area contributed by atoms with Gasteiger partial charge in [0.15, 0.2) is 5.82 Å². The quantitative estimate of drug-likeness (QED) is 0.551. The number of nitrogen functional groups attached to an aromatic ring is 1. The summed E-state index contributed by atoms with van der Waals surface area (Å²) in [6, 6.07) is 0.678. The second kappa shape index (κ2) is 3.34. The van der Waals surface area contributed by atoms with Gasteiger partial charge in [-0.25, -0.2) is 10.8 Å². The zero-order valence-electron chi connectivity index (χ0n) is 8.56. The van der Waals surface area contributed by atoms with Crippen molar-refractivity contribution in [2.75, 3.05) is 16.9 Å². The predicted octanol–water partition coefficient (Wildman–Crippen LogP) is 0.751. The number of hydrogen-bond acceptors (Lipinski definition) is 5. The first kappa shape index (κ1) is 8.91. The van der Waals surface area contributed by atoms with Crippen LogP contribution in [0.25, 0.3) is 0 Å². The Kier molecular flexibility index (Phi) is 1.98. The molecule has 0 radical (unpaired) electrons. The van der Waals surface area contributed by atoms with E-state index in [1.807, 2.05) is 6.20 Å². The van der Waals surface area contributed by atoms with Crippen molar-refractivity contribution in [3.05, 3.63) is 12.4 Å². The number of rotatable bonds is 2. The highest BCUT2D eigenvalue weighted by atomic mass is 15.3. The normalized spacial score (nSPS) is 28.5. The van der Waals surface area contributed by atoms with E-state index in [-0.39, 0.29) is 0 Å². The van der Waals surface area contributed by atoms with Crippen LogP contribution in [-0.4, -0.2) is 22.6 Å². The van der Waals surface area contributed by atoms with E-state index in [4.69, 9.17) is 5.84 Å². The lowest BCUT2D eigenvalue weighted by molar-refractivity contribution is 0.550. The maximum Gasteiger partial charge on any atom is 0.160 e. The molecule has 5 heteroatoms. The van der Waals surface area contributed by atoms with Gasteiger partial charge in [-0.1, -0.05) is 0 Å². The molecule has 0 amide bonds. The van der Waals surface area contributed by atoms with E-state index < -0.39 is 0 Å². The van der Waals surface area contributed by atoms with Crippen LogP contribution in [0, 0.1) is 5.92 Å². The monoisotopic (exact) mass is 205 g/mol. The zero-order valence-corrected chi connectivity index (χ0v) is 8.56. The first-order valence-electron chi connectivity index (χ1n) is 5.42. The van der Waals surface area contributed by atoms with Gasteiger partial charge in [0.1, 0.15) is 5.82 Å². The van der Waals surface area contributed by atoms with Crippen LogP contribution in [0.15, 0.2) is 12.4 Å². The second-order valence-electron chi connectivity index (χ2n) is 4.39. The second-order valence-corrected chi connectivity index (χ2v) is 4.39.